The Kier molecular flexibility index (Phi) is 9.60. The fourth-order valence-corrected chi connectivity index (χ4v) is 5.57. The van der Waals surface area contributed by atoms with Gasteiger partial charge in [0.1, 0.15) is 12.3 Å². The average Bonchev–Trinajstić information content (AvgIpc) is 3.66. The van der Waals surface area contributed by atoms with Crippen LogP contribution in [0.1, 0.15) is 42.6 Å². The zero-order valence-corrected chi connectivity index (χ0v) is 24.7. The van der Waals surface area contributed by atoms with Crippen LogP contribution in [0.15, 0.2) is 48.7 Å². The van der Waals surface area contributed by atoms with E-state index in [2.05, 4.69) is 54.3 Å². The zero-order chi connectivity index (χ0) is 28.6. The van der Waals surface area contributed by atoms with Crippen LogP contribution in [0.25, 0.3) is 22.6 Å². The molecule has 0 bridgehead atoms. The maximum absolute atomic E-state index is 12.2. The van der Waals surface area contributed by atoms with Gasteiger partial charge >= 0.3 is 0 Å². The minimum atomic E-state index is -0.402. The van der Waals surface area contributed by atoms with Gasteiger partial charge in [0.2, 0.25) is 5.95 Å². The van der Waals surface area contributed by atoms with Gasteiger partial charge in [0.05, 0.1) is 53.8 Å². The van der Waals surface area contributed by atoms with Crippen LogP contribution in [0.2, 0.25) is 0 Å². The van der Waals surface area contributed by atoms with Gasteiger partial charge < -0.3 is 9.47 Å². The van der Waals surface area contributed by atoms with Crippen LogP contribution in [0, 0.1) is 20.8 Å². The first-order valence-electron chi connectivity index (χ1n) is 13.3. The Balaban J connectivity index is 1.37. The van der Waals surface area contributed by atoms with Gasteiger partial charge in [-0.05, 0) is 71.7 Å². The number of nitriles is 1. The molecule has 1 saturated carbocycles. The number of aromatic nitrogens is 6. The number of pyridine rings is 1. The molecule has 1 aliphatic rings. The molecule has 11 nitrogen and oxygen atoms in total. The van der Waals surface area contributed by atoms with Gasteiger partial charge in [0.25, 0.3) is 5.91 Å². The topological polar surface area (TPSA) is 141 Å². The standard InChI is InChI=1S/C29H29IN8O3/c1-40-18-27(39)35-29-33-24(12-25(34-29)28-20(13-31)8-4-11-23(28)30)26-15-38(37-36-26)14-21-9-5-10-22(32-21)17-41-16-19-6-2-3-7-19/h4-5,8-12,15,19H,2-3,6-7,14,16-18H2,1H3,(H,33,34,35,39). The van der Waals surface area contributed by atoms with E-state index in [9.17, 15) is 10.1 Å². The summed E-state index contributed by atoms with van der Waals surface area (Å²) in [7, 11) is 1.43. The normalized spacial score (nSPS) is 13.3. The Morgan fingerprint density at radius 1 is 1.10 bits per heavy atom. The molecule has 3 aromatic heterocycles. The smallest absolute Gasteiger partial charge is 0.252 e. The fourth-order valence-electron chi connectivity index (χ4n) is 4.80. The molecule has 0 atom stereocenters. The highest BCUT2D eigenvalue weighted by Gasteiger charge is 2.18. The number of halogens is 1. The number of nitrogens with one attached hydrogen (secondary N) is 1. The van der Waals surface area contributed by atoms with Crippen molar-refractivity contribution in [1.82, 2.24) is 29.9 Å². The summed E-state index contributed by atoms with van der Waals surface area (Å²) in [5, 5.41) is 21.0. The number of nitrogens with zero attached hydrogens (tertiary/aromatic N) is 7. The van der Waals surface area contributed by atoms with Crippen molar-refractivity contribution in [2.75, 3.05) is 25.6 Å². The van der Waals surface area contributed by atoms with Crippen LogP contribution >= 0.6 is 22.6 Å². The lowest BCUT2D eigenvalue weighted by atomic mass is 10.0. The molecule has 3 heterocycles. The van der Waals surface area contributed by atoms with Gasteiger partial charge in [-0.2, -0.15) is 5.26 Å². The summed E-state index contributed by atoms with van der Waals surface area (Å²) in [6.45, 7) is 1.53. The molecule has 5 rings (SSSR count). The molecule has 12 heteroatoms. The highest BCUT2D eigenvalue weighted by Crippen LogP contribution is 2.30. The number of amides is 1. The van der Waals surface area contributed by atoms with E-state index in [-0.39, 0.29) is 12.6 Å². The monoisotopic (exact) mass is 664 g/mol. The molecule has 0 saturated heterocycles. The Labute approximate surface area is 251 Å². The zero-order valence-electron chi connectivity index (χ0n) is 22.6. The van der Waals surface area contributed by atoms with Gasteiger partial charge in [-0.3, -0.25) is 15.1 Å². The second-order valence-electron chi connectivity index (χ2n) is 9.80. The van der Waals surface area contributed by atoms with Crippen LogP contribution in [0.5, 0.6) is 0 Å². The third-order valence-corrected chi connectivity index (χ3v) is 7.61. The maximum atomic E-state index is 12.2. The number of rotatable bonds is 11. The van der Waals surface area contributed by atoms with Gasteiger partial charge in [-0.25, -0.2) is 14.6 Å². The molecule has 1 fully saturated rings. The largest absolute Gasteiger partial charge is 0.375 e. The highest BCUT2D eigenvalue weighted by atomic mass is 127. The van der Waals surface area contributed by atoms with E-state index < -0.39 is 5.91 Å². The van der Waals surface area contributed by atoms with E-state index in [1.54, 1.807) is 23.0 Å². The van der Waals surface area contributed by atoms with Crippen molar-refractivity contribution < 1.29 is 14.3 Å². The number of methoxy groups -OCH3 is 1. The van der Waals surface area contributed by atoms with E-state index >= 15 is 0 Å². The summed E-state index contributed by atoms with van der Waals surface area (Å²) >= 11 is 2.16. The lowest BCUT2D eigenvalue weighted by Gasteiger charge is -2.10. The summed E-state index contributed by atoms with van der Waals surface area (Å²) in [5.41, 5.74) is 4.21. The minimum Gasteiger partial charge on any atom is -0.375 e. The van der Waals surface area contributed by atoms with E-state index in [0.29, 0.717) is 47.3 Å². The Hall–Kier alpha value is -3.80. The molecule has 1 aliphatic carbocycles. The molecule has 0 aliphatic heterocycles. The first kappa shape index (κ1) is 28.7. The highest BCUT2D eigenvalue weighted by molar-refractivity contribution is 14.1. The lowest BCUT2D eigenvalue weighted by molar-refractivity contribution is -0.119. The van der Waals surface area contributed by atoms with E-state index in [4.69, 9.17) is 14.5 Å². The van der Waals surface area contributed by atoms with E-state index in [0.717, 1.165) is 21.6 Å². The first-order chi connectivity index (χ1) is 20.0. The molecular formula is C29H29IN8O3. The molecule has 1 N–H and O–H groups in total. The number of benzene rings is 1. The molecular weight excluding hydrogens is 635 g/mol. The number of ether oxygens (including phenoxy) is 2. The lowest BCUT2D eigenvalue weighted by Crippen LogP contribution is -2.19. The number of carbonyl (C=O) groups is 1. The molecule has 4 aromatic rings. The second kappa shape index (κ2) is 13.7. The van der Waals surface area contributed by atoms with Crippen LogP contribution < -0.4 is 5.32 Å². The molecule has 41 heavy (non-hydrogen) atoms. The van der Waals surface area contributed by atoms with Crippen molar-refractivity contribution >= 4 is 34.4 Å². The molecule has 1 amide bonds. The molecule has 0 spiro atoms. The van der Waals surface area contributed by atoms with Crippen molar-refractivity contribution in [2.24, 2.45) is 5.92 Å². The van der Waals surface area contributed by atoms with Gasteiger partial charge in [0, 0.05) is 22.9 Å². The van der Waals surface area contributed by atoms with Crippen LogP contribution in [-0.4, -0.2) is 56.2 Å². The van der Waals surface area contributed by atoms with E-state index in [1.165, 1.54) is 32.8 Å². The molecule has 210 valence electrons. The number of hydrogen-bond donors (Lipinski definition) is 1. The third kappa shape index (κ3) is 7.49. The van der Waals surface area contributed by atoms with Crippen molar-refractivity contribution in [2.45, 2.75) is 38.8 Å². The maximum Gasteiger partial charge on any atom is 0.252 e. The van der Waals surface area contributed by atoms with Crippen molar-refractivity contribution in [3.05, 3.63) is 69.2 Å². The molecule has 0 radical (unpaired) electrons. The summed E-state index contributed by atoms with van der Waals surface area (Å²) in [5.74, 6) is 0.338. The first-order valence-corrected chi connectivity index (χ1v) is 14.4. The Bertz CT molecular complexity index is 1560. The summed E-state index contributed by atoms with van der Waals surface area (Å²) < 4.78 is 13.4. The molecule has 0 unspecified atom stereocenters. The number of carbonyl (C=O) groups excluding carboxylic acids is 1. The quantitative estimate of drug-likeness (QED) is 0.228. The van der Waals surface area contributed by atoms with Gasteiger partial charge in [-0.15, -0.1) is 5.10 Å². The van der Waals surface area contributed by atoms with Crippen LogP contribution in [0.3, 0.4) is 0 Å². The predicted octanol–water partition coefficient (Wildman–Crippen LogP) is 4.61. The SMILES string of the molecule is COCC(=O)Nc1nc(-c2cn(Cc3cccc(COCC4CCCC4)n3)nn2)cc(-c2c(I)cccc2C#N)n1. The summed E-state index contributed by atoms with van der Waals surface area (Å²) in [6.07, 6.45) is 6.86. The third-order valence-electron chi connectivity index (χ3n) is 6.71. The Morgan fingerprint density at radius 2 is 1.88 bits per heavy atom. The second-order valence-corrected chi connectivity index (χ2v) is 11.0. The predicted molar refractivity (Wildman–Crippen MR) is 159 cm³/mol. The van der Waals surface area contributed by atoms with Gasteiger partial charge in [0.15, 0.2) is 0 Å². The molecule has 1 aromatic carbocycles. The number of hydrogen-bond acceptors (Lipinski definition) is 9. The Morgan fingerprint density at radius 3 is 2.68 bits per heavy atom. The van der Waals surface area contributed by atoms with Crippen molar-refractivity contribution in [1.29, 1.82) is 5.26 Å². The van der Waals surface area contributed by atoms with Crippen molar-refractivity contribution in [3.63, 3.8) is 0 Å². The summed E-state index contributed by atoms with van der Waals surface area (Å²) in [6, 6.07) is 15.2. The average molecular weight is 665 g/mol. The summed E-state index contributed by atoms with van der Waals surface area (Å²) in [4.78, 5) is 26.0. The fraction of sp³-hybridized carbons (Fsp3) is 0.345. The number of anilines is 1. The van der Waals surface area contributed by atoms with E-state index in [1.807, 2.05) is 30.3 Å². The van der Waals surface area contributed by atoms with Crippen LogP contribution in [-0.2, 0) is 27.4 Å². The van der Waals surface area contributed by atoms with Gasteiger partial charge in [-0.1, -0.05) is 30.2 Å². The van der Waals surface area contributed by atoms with Crippen molar-refractivity contribution in [3.8, 4) is 28.7 Å². The minimum absolute atomic E-state index is 0.0737. The van der Waals surface area contributed by atoms with Crippen LogP contribution in [0.4, 0.5) is 5.95 Å².